The number of unbranched alkanes of at least 4 members (excludes halogenated alkanes) is 1. The first kappa shape index (κ1) is 14.0. The minimum atomic E-state index is 0.436. The van der Waals surface area contributed by atoms with Crippen molar-refractivity contribution in [2.24, 2.45) is 11.3 Å². The van der Waals surface area contributed by atoms with Crippen LogP contribution in [0.4, 0.5) is 0 Å². The van der Waals surface area contributed by atoms with E-state index in [2.05, 4.69) is 41.5 Å². The third-order valence-corrected chi connectivity index (χ3v) is 3.74. The SMILES string of the molecule is CCCC[C](CCC)C(C)(C)C(C)C. The summed E-state index contributed by atoms with van der Waals surface area (Å²) in [5.74, 6) is 2.55. The van der Waals surface area contributed by atoms with Gasteiger partial charge in [0.15, 0.2) is 0 Å². The molecule has 0 amide bonds. The summed E-state index contributed by atoms with van der Waals surface area (Å²) in [6, 6.07) is 0. The van der Waals surface area contributed by atoms with Gasteiger partial charge in [-0.2, -0.15) is 0 Å². The first-order chi connectivity index (χ1) is 6.46. The molecule has 14 heavy (non-hydrogen) atoms. The summed E-state index contributed by atoms with van der Waals surface area (Å²) in [4.78, 5) is 0. The molecule has 0 atom stereocenters. The van der Waals surface area contributed by atoms with Gasteiger partial charge in [0.05, 0.1) is 0 Å². The Balaban J connectivity index is 4.29. The first-order valence-electron chi connectivity index (χ1n) is 6.31. The van der Waals surface area contributed by atoms with E-state index in [9.17, 15) is 0 Å². The molecule has 0 nitrogen and oxygen atoms in total. The summed E-state index contributed by atoms with van der Waals surface area (Å²) in [6.45, 7) is 14.1. The highest BCUT2D eigenvalue weighted by atomic mass is 14.4. The fourth-order valence-electron chi connectivity index (χ4n) is 1.87. The van der Waals surface area contributed by atoms with E-state index in [0.717, 1.165) is 5.92 Å². The van der Waals surface area contributed by atoms with Gasteiger partial charge >= 0.3 is 0 Å². The van der Waals surface area contributed by atoms with Crippen molar-refractivity contribution in [2.75, 3.05) is 0 Å². The van der Waals surface area contributed by atoms with Gasteiger partial charge in [-0.05, 0) is 30.1 Å². The quantitative estimate of drug-likeness (QED) is 0.524. The highest BCUT2D eigenvalue weighted by Crippen LogP contribution is 2.42. The predicted molar refractivity (Wildman–Crippen MR) is 66.3 cm³/mol. The van der Waals surface area contributed by atoms with Gasteiger partial charge in [0.2, 0.25) is 0 Å². The molecule has 0 aromatic carbocycles. The van der Waals surface area contributed by atoms with E-state index in [4.69, 9.17) is 0 Å². The van der Waals surface area contributed by atoms with Crippen LogP contribution in [0.1, 0.15) is 73.6 Å². The van der Waals surface area contributed by atoms with E-state index in [1.165, 1.54) is 32.1 Å². The maximum atomic E-state index is 2.42. The summed E-state index contributed by atoms with van der Waals surface area (Å²) in [5, 5.41) is 0. The molecule has 0 heteroatoms. The molecule has 0 saturated carbocycles. The molecule has 0 bridgehead atoms. The van der Waals surface area contributed by atoms with Gasteiger partial charge in [0.1, 0.15) is 0 Å². The van der Waals surface area contributed by atoms with Crippen molar-refractivity contribution >= 4 is 0 Å². The lowest BCUT2D eigenvalue weighted by molar-refractivity contribution is 0.240. The van der Waals surface area contributed by atoms with Crippen LogP contribution in [0.5, 0.6) is 0 Å². The number of hydrogen-bond donors (Lipinski definition) is 0. The Morgan fingerprint density at radius 3 is 1.93 bits per heavy atom. The smallest absolute Gasteiger partial charge is 0.0182 e. The molecule has 0 heterocycles. The molecule has 0 spiro atoms. The van der Waals surface area contributed by atoms with Crippen LogP contribution in [-0.4, -0.2) is 0 Å². The van der Waals surface area contributed by atoms with Gasteiger partial charge in [-0.25, -0.2) is 0 Å². The Labute approximate surface area is 91.5 Å². The van der Waals surface area contributed by atoms with Crippen molar-refractivity contribution in [1.29, 1.82) is 0 Å². The average molecular weight is 197 g/mol. The average Bonchev–Trinajstić information content (AvgIpc) is 2.11. The topological polar surface area (TPSA) is 0 Å². The first-order valence-corrected chi connectivity index (χ1v) is 6.31. The zero-order valence-electron chi connectivity index (χ0n) is 11.1. The zero-order chi connectivity index (χ0) is 11.2. The highest BCUT2D eigenvalue weighted by molar-refractivity contribution is 5.03. The molecule has 0 aliphatic rings. The van der Waals surface area contributed by atoms with Crippen LogP contribution in [0, 0.1) is 17.3 Å². The minimum Gasteiger partial charge on any atom is -0.0654 e. The Morgan fingerprint density at radius 1 is 1.00 bits per heavy atom. The third kappa shape index (κ3) is 4.02. The number of hydrogen-bond acceptors (Lipinski definition) is 0. The van der Waals surface area contributed by atoms with Gasteiger partial charge < -0.3 is 0 Å². The van der Waals surface area contributed by atoms with Crippen LogP contribution in [0.2, 0.25) is 0 Å². The van der Waals surface area contributed by atoms with E-state index in [0.29, 0.717) is 5.41 Å². The second kappa shape index (κ2) is 6.48. The maximum absolute atomic E-state index is 2.42. The van der Waals surface area contributed by atoms with E-state index in [1.807, 2.05) is 0 Å². The van der Waals surface area contributed by atoms with Crippen molar-refractivity contribution < 1.29 is 0 Å². The van der Waals surface area contributed by atoms with Gasteiger partial charge in [-0.3, -0.25) is 0 Å². The molecule has 0 fully saturated rings. The van der Waals surface area contributed by atoms with Crippen LogP contribution in [0.15, 0.2) is 0 Å². The Kier molecular flexibility index (Phi) is 6.48. The molecule has 0 unspecified atom stereocenters. The van der Waals surface area contributed by atoms with Crippen LogP contribution in [0.3, 0.4) is 0 Å². The minimum absolute atomic E-state index is 0.436. The van der Waals surface area contributed by atoms with Gasteiger partial charge in [-0.15, -0.1) is 0 Å². The zero-order valence-corrected chi connectivity index (χ0v) is 11.1. The van der Waals surface area contributed by atoms with E-state index < -0.39 is 0 Å². The fraction of sp³-hybridized carbons (Fsp3) is 0.929. The summed E-state index contributed by atoms with van der Waals surface area (Å²) < 4.78 is 0. The summed E-state index contributed by atoms with van der Waals surface area (Å²) >= 11 is 0. The summed E-state index contributed by atoms with van der Waals surface area (Å²) in [6.07, 6.45) is 6.66. The van der Waals surface area contributed by atoms with Crippen molar-refractivity contribution in [2.45, 2.75) is 73.6 Å². The van der Waals surface area contributed by atoms with Crippen LogP contribution in [0.25, 0.3) is 0 Å². The Hall–Kier alpha value is 0. The lowest BCUT2D eigenvalue weighted by Crippen LogP contribution is -2.28. The van der Waals surface area contributed by atoms with E-state index >= 15 is 0 Å². The van der Waals surface area contributed by atoms with Crippen molar-refractivity contribution in [3.63, 3.8) is 0 Å². The van der Waals surface area contributed by atoms with Crippen molar-refractivity contribution in [1.82, 2.24) is 0 Å². The second-order valence-corrected chi connectivity index (χ2v) is 5.33. The largest absolute Gasteiger partial charge is 0.0654 e. The second-order valence-electron chi connectivity index (χ2n) is 5.33. The highest BCUT2D eigenvalue weighted by Gasteiger charge is 2.31. The Bertz CT molecular complexity index is 133. The van der Waals surface area contributed by atoms with Gasteiger partial charge in [0.25, 0.3) is 0 Å². The van der Waals surface area contributed by atoms with E-state index in [-0.39, 0.29) is 0 Å². The summed E-state index contributed by atoms with van der Waals surface area (Å²) in [7, 11) is 0. The fourth-order valence-corrected chi connectivity index (χ4v) is 1.87. The molecule has 0 aromatic rings. The summed E-state index contributed by atoms with van der Waals surface area (Å²) in [5.41, 5.74) is 0.436. The van der Waals surface area contributed by atoms with Gasteiger partial charge in [0, 0.05) is 0 Å². The molecule has 0 aliphatic carbocycles. The number of rotatable bonds is 7. The molecule has 1 radical (unpaired) electrons. The monoisotopic (exact) mass is 197 g/mol. The third-order valence-electron chi connectivity index (χ3n) is 3.74. The van der Waals surface area contributed by atoms with Crippen molar-refractivity contribution in [3.8, 4) is 0 Å². The van der Waals surface area contributed by atoms with Crippen LogP contribution >= 0.6 is 0 Å². The molecule has 0 aliphatic heterocycles. The molecular weight excluding hydrogens is 168 g/mol. The van der Waals surface area contributed by atoms with Gasteiger partial charge in [-0.1, -0.05) is 60.8 Å². The van der Waals surface area contributed by atoms with Crippen molar-refractivity contribution in [3.05, 3.63) is 5.92 Å². The lowest BCUT2D eigenvalue weighted by Gasteiger charge is -2.38. The normalized spacial score (nSPS) is 12.9. The molecule has 0 N–H and O–H groups in total. The Morgan fingerprint density at radius 2 is 1.57 bits per heavy atom. The van der Waals surface area contributed by atoms with E-state index in [1.54, 1.807) is 5.92 Å². The van der Waals surface area contributed by atoms with Crippen LogP contribution in [-0.2, 0) is 0 Å². The predicted octanol–water partition coefficient (Wildman–Crippen LogP) is 5.23. The molecule has 0 aromatic heterocycles. The van der Waals surface area contributed by atoms with Crippen LogP contribution < -0.4 is 0 Å². The molecule has 0 saturated heterocycles. The molecular formula is C14H29. The maximum Gasteiger partial charge on any atom is -0.0182 e. The molecule has 85 valence electrons. The standard InChI is InChI=1S/C14H29/c1-7-9-11-13(10-8-2)14(5,6)12(3)4/h12H,7-11H2,1-6H3. The lowest BCUT2D eigenvalue weighted by atomic mass is 9.67. The molecule has 0 rings (SSSR count).